The highest BCUT2D eigenvalue weighted by Gasteiger charge is 2.23. The van der Waals surface area contributed by atoms with Gasteiger partial charge >= 0.3 is 0 Å². The smallest absolute Gasteiger partial charge is 0.00451 e. The molecule has 0 radical (unpaired) electrons. The standard InChI is InChI=1S/C19H32N2/c1-16(2)13-20-14-19(3,4)15-21-11-9-17-7-5-6-8-18(17)10-12-21/h5-8,16,20H,9-15H2,1-4H3. The average Bonchev–Trinajstić information content (AvgIpc) is 2.61. The molecule has 1 heterocycles. The van der Waals surface area contributed by atoms with E-state index >= 15 is 0 Å². The van der Waals surface area contributed by atoms with Crippen molar-refractivity contribution in [1.82, 2.24) is 10.2 Å². The predicted octanol–water partition coefficient (Wildman–Crippen LogP) is 3.36. The van der Waals surface area contributed by atoms with E-state index in [1.54, 1.807) is 11.1 Å². The quantitative estimate of drug-likeness (QED) is 0.863. The fourth-order valence-corrected chi connectivity index (χ4v) is 3.23. The van der Waals surface area contributed by atoms with Gasteiger partial charge in [-0.05, 0) is 41.8 Å². The summed E-state index contributed by atoms with van der Waals surface area (Å²) in [5, 5.41) is 3.62. The van der Waals surface area contributed by atoms with Crippen molar-refractivity contribution in [3.63, 3.8) is 0 Å². The molecule has 0 unspecified atom stereocenters. The number of hydrogen-bond donors (Lipinski definition) is 1. The molecule has 1 aromatic rings. The summed E-state index contributed by atoms with van der Waals surface area (Å²) >= 11 is 0. The van der Waals surface area contributed by atoms with E-state index in [0.717, 1.165) is 19.0 Å². The van der Waals surface area contributed by atoms with Gasteiger partial charge in [-0.15, -0.1) is 0 Å². The van der Waals surface area contributed by atoms with Gasteiger partial charge in [0.1, 0.15) is 0 Å². The second kappa shape index (κ2) is 7.42. The molecule has 2 rings (SSSR count). The lowest BCUT2D eigenvalue weighted by atomic mass is 9.92. The predicted molar refractivity (Wildman–Crippen MR) is 91.8 cm³/mol. The van der Waals surface area contributed by atoms with Crippen molar-refractivity contribution in [1.29, 1.82) is 0 Å². The van der Waals surface area contributed by atoms with Gasteiger partial charge in [-0.1, -0.05) is 52.0 Å². The van der Waals surface area contributed by atoms with Crippen LogP contribution >= 0.6 is 0 Å². The Morgan fingerprint density at radius 3 is 2.19 bits per heavy atom. The summed E-state index contributed by atoms with van der Waals surface area (Å²) in [5.41, 5.74) is 3.44. The Bertz CT molecular complexity index is 410. The second-order valence-corrected chi connectivity index (χ2v) is 7.73. The first-order chi connectivity index (χ1) is 9.96. The molecule has 0 spiro atoms. The third kappa shape index (κ3) is 5.44. The van der Waals surface area contributed by atoms with Crippen molar-refractivity contribution in [3.05, 3.63) is 35.4 Å². The summed E-state index contributed by atoms with van der Waals surface area (Å²) in [4.78, 5) is 2.65. The Balaban J connectivity index is 1.83. The molecule has 0 saturated carbocycles. The van der Waals surface area contributed by atoms with Gasteiger partial charge in [-0.3, -0.25) is 0 Å². The summed E-state index contributed by atoms with van der Waals surface area (Å²) in [6.07, 6.45) is 2.40. The van der Waals surface area contributed by atoms with Gasteiger partial charge in [-0.25, -0.2) is 0 Å². The zero-order valence-electron chi connectivity index (χ0n) is 14.3. The second-order valence-electron chi connectivity index (χ2n) is 7.73. The van der Waals surface area contributed by atoms with E-state index in [9.17, 15) is 0 Å². The largest absolute Gasteiger partial charge is 0.316 e. The Morgan fingerprint density at radius 2 is 1.67 bits per heavy atom. The van der Waals surface area contributed by atoms with Crippen molar-refractivity contribution in [2.45, 2.75) is 40.5 Å². The zero-order valence-corrected chi connectivity index (χ0v) is 14.3. The maximum atomic E-state index is 3.62. The molecule has 0 saturated heterocycles. The van der Waals surface area contributed by atoms with Crippen LogP contribution in [0.3, 0.4) is 0 Å². The molecule has 0 aromatic heterocycles. The molecule has 1 aliphatic heterocycles. The SMILES string of the molecule is CC(C)CNCC(C)(C)CN1CCc2ccccc2CC1. The fourth-order valence-electron chi connectivity index (χ4n) is 3.23. The number of nitrogens with zero attached hydrogens (tertiary/aromatic N) is 1. The van der Waals surface area contributed by atoms with E-state index in [0.29, 0.717) is 5.41 Å². The van der Waals surface area contributed by atoms with E-state index in [1.807, 2.05) is 0 Å². The van der Waals surface area contributed by atoms with E-state index < -0.39 is 0 Å². The molecule has 21 heavy (non-hydrogen) atoms. The molecule has 1 N–H and O–H groups in total. The lowest BCUT2D eigenvalue weighted by molar-refractivity contribution is 0.179. The molecule has 0 atom stereocenters. The Labute approximate surface area is 130 Å². The molecular formula is C19H32N2. The summed E-state index contributed by atoms with van der Waals surface area (Å²) in [7, 11) is 0. The fraction of sp³-hybridized carbons (Fsp3) is 0.684. The first-order valence-corrected chi connectivity index (χ1v) is 8.46. The van der Waals surface area contributed by atoms with E-state index in [2.05, 4.69) is 62.2 Å². The average molecular weight is 288 g/mol. The van der Waals surface area contributed by atoms with Gasteiger partial charge in [-0.2, -0.15) is 0 Å². The number of nitrogens with one attached hydrogen (secondary N) is 1. The molecule has 2 heteroatoms. The van der Waals surface area contributed by atoms with Crippen LogP contribution < -0.4 is 5.32 Å². The summed E-state index contributed by atoms with van der Waals surface area (Å²) < 4.78 is 0. The zero-order chi connectivity index (χ0) is 15.3. The van der Waals surface area contributed by atoms with E-state index in [-0.39, 0.29) is 0 Å². The summed E-state index contributed by atoms with van der Waals surface area (Å²) in [5.74, 6) is 0.730. The summed E-state index contributed by atoms with van der Waals surface area (Å²) in [6.45, 7) is 15.1. The maximum absolute atomic E-state index is 3.62. The van der Waals surface area contributed by atoms with Crippen LogP contribution in [-0.4, -0.2) is 37.6 Å². The van der Waals surface area contributed by atoms with E-state index in [1.165, 1.54) is 32.5 Å². The maximum Gasteiger partial charge on any atom is 0.00451 e. The number of fused-ring (bicyclic) bond motifs is 1. The lowest BCUT2D eigenvalue weighted by Crippen LogP contribution is -2.42. The molecular weight excluding hydrogens is 256 g/mol. The van der Waals surface area contributed by atoms with Gasteiger partial charge in [0.05, 0.1) is 0 Å². The van der Waals surface area contributed by atoms with Crippen LogP contribution in [0.4, 0.5) is 0 Å². The van der Waals surface area contributed by atoms with Crippen molar-refractivity contribution < 1.29 is 0 Å². The van der Waals surface area contributed by atoms with Crippen molar-refractivity contribution >= 4 is 0 Å². The molecule has 0 amide bonds. The van der Waals surface area contributed by atoms with Crippen LogP contribution in [0.1, 0.15) is 38.8 Å². The molecule has 1 aromatic carbocycles. The summed E-state index contributed by atoms with van der Waals surface area (Å²) in [6, 6.07) is 8.95. The minimum atomic E-state index is 0.339. The number of rotatable bonds is 6. The number of hydrogen-bond acceptors (Lipinski definition) is 2. The molecule has 118 valence electrons. The van der Waals surface area contributed by atoms with Crippen LogP contribution in [0.15, 0.2) is 24.3 Å². The van der Waals surface area contributed by atoms with Gasteiger partial charge in [0.15, 0.2) is 0 Å². The van der Waals surface area contributed by atoms with Crippen molar-refractivity contribution in [2.75, 3.05) is 32.7 Å². The first kappa shape index (κ1) is 16.5. The monoisotopic (exact) mass is 288 g/mol. The Morgan fingerprint density at radius 1 is 1.10 bits per heavy atom. The topological polar surface area (TPSA) is 15.3 Å². The lowest BCUT2D eigenvalue weighted by Gasteiger charge is -2.32. The molecule has 0 bridgehead atoms. The van der Waals surface area contributed by atoms with Gasteiger partial charge in [0.2, 0.25) is 0 Å². The third-order valence-electron chi connectivity index (χ3n) is 4.32. The highest BCUT2D eigenvalue weighted by Crippen LogP contribution is 2.20. The van der Waals surface area contributed by atoms with Gasteiger partial charge in [0.25, 0.3) is 0 Å². The van der Waals surface area contributed by atoms with Crippen molar-refractivity contribution in [2.24, 2.45) is 11.3 Å². The third-order valence-corrected chi connectivity index (χ3v) is 4.32. The molecule has 2 nitrogen and oxygen atoms in total. The van der Waals surface area contributed by atoms with Gasteiger partial charge in [0, 0.05) is 26.2 Å². The van der Waals surface area contributed by atoms with Gasteiger partial charge < -0.3 is 10.2 Å². The Hall–Kier alpha value is -0.860. The normalized spacial score (nSPS) is 16.8. The minimum absolute atomic E-state index is 0.339. The van der Waals surface area contributed by atoms with Crippen LogP contribution in [0.5, 0.6) is 0 Å². The molecule has 0 fully saturated rings. The number of benzene rings is 1. The highest BCUT2D eigenvalue weighted by atomic mass is 15.1. The van der Waals surface area contributed by atoms with Crippen LogP contribution in [0.25, 0.3) is 0 Å². The molecule has 0 aliphatic carbocycles. The minimum Gasteiger partial charge on any atom is -0.316 e. The first-order valence-electron chi connectivity index (χ1n) is 8.46. The van der Waals surface area contributed by atoms with E-state index in [4.69, 9.17) is 0 Å². The van der Waals surface area contributed by atoms with Crippen LogP contribution in [0.2, 0.25) is 0 Å². The van der Waals surface area contributed by atoms with Crippen molar-refractivity contribution in [3.8, 4) is 0 Å². The molecule has 1 aliphatic rings. The highest BCUT2D eigenvalue weighted by molar-refractivity contribution is 5.28. The van der Waals surface area contributed by atoms with Crippen LogP contribution in [0, 0.1) is 11.3 Å². The van der Waals surface area contributed by atoms with Crippen LogP contribution in [-0.2, 0) is 12.8 Å². The Kier molecular flexibility index (Phi) is 5.83.